The summed E-state index contributed by atoms with van der Waals surface area (Å²) in [5.74, 6) is 0.957. The number of hydrogen-bond donors (Lipinski definition) is 0. The van der Waals surface area contributed by atoms with Crippen molar-refractivity contribution >= 4 is 5.91 Å². The Morgan fingerprint density at radius 1 is 1.26 bits per heavy atom. The van der Waals surface area contributed by atoms with E-state index in [1.54, 1.807) is 30.4 Å². The van der Waals surface area contributed by atoms with E-state index in [4.69, 9.17) is 9.15 Å². The van der Waals surface area contributed by atoms with Crippen LogP contribution in [0.2, 0.25) is 0 Å². The highest BCUT2D eigenvalue weighted by atomic mass is 16.5. The van der Waals surface area contributed by atoms with Crippen molar-refractivity contribution in [2.75, 3.05) is 13.1 Å². The summed E-state index contributed by atoms with van der Waals surface area (Å²) in [6.45, 7) is 3.41. The van der Waals surface area contributed by atoms with E-state index in [1.807, 2.05) is 35.0 Å². The van der Waals surface area contributed by atoms with Crippen molar-refractivity contribution in [3.05, 3.63) is 82.4 Å². The average molecular weight is 365 g/mol. The van der Waals surface area contributed by atoms with Crippen molar-refractivity contribution < 1.29 is 13.9 Å². The molecule has 3 aromatic rings. The maximum atomic E-state index is 12.6. The van der Waals surface area contributed by atoms with Crippen molar-refractivity contribution in [2.24, 2.45) is 0 Å². The van der Waals surface area contributed by atoms with Crippen molar-refractivity contribution in [1.82, 2.24) is 14.5 Å². The highest BCUT2D eigenvalue weighted by Crippen LogP contribution is 2.20. The molecule has 0 unspecified atom stereocenters. The first-order chi connectivity index (χ1) is 13.1. The Hall–Kier alpha value is -3.35. The molecule has 138 valence electrons. The van der Waals surface area contributed by atoms with Crippen LogP contribution in [0.5, 0.6) is 5.75 Å². The average Bonchev–Trinajstić information content (AvgIpc) is 3.10. The van der Waals surface area contributed by atoms with Crippen LogP contribution >= 0.6 is 0 Å². The molecule has 0 bridgehead atoms. The van der Waals surface area contributed by atoms with Crippen LogP contribution in [0.1, 0.15) is 21.7 Å². The lowest BCUT2D eigenvalue weighted by Crippen LogP contribution is -2.56. The number of imidazole rings is 1. The third kappa shape index (κ3) is 3.92. The quantitative estimate of drug-likeness (QED) is 0.692. The summed E-state index contributed by atoms with van der Waals surface area (Å²) in [5.41, 5.74) is 1.32. The summed E-state index contributed by atoms with van der Waals surface area (Å²) in [4.78, 5) is 29.7. The monoisotopic (exact) mass is 365 g/mol. The fourth-order valence-corrected chi connectivity index (χ4v) is 3.04. The number of hydrogen-bond acceptors (Lipinski definition) is 5. The molecule has 1 aliphatic rings. The minimum Gasteiger partial charge on any atom is -0.486 e. The number of amides is 1. The lowest BCUT2D eigenvalue weighted by Gasteiger charge is -2.39. The summed E-state index contributed by atoms with van der Waals surface area (Å²) in [5, 5.41) is 0. The molecule has 1 amide bonds. The maximum Gasteiger partial charge on any atom is 0.339 e. The van der Waals surface area contributed by atoms with Gasteiger partial charge in [-0.05, 0) is 24.6 Å². The van der Waals surface area contributed by atoms with Gasteiger partial charge in [-0.1, -0.05) is 12.1 Å². The summed E-state index contributed by atoms with van der Waals surface area (Å²) in [7, 11) is 0. The van der Waals surface area contributed by atoms with Gasteiger partial charge in [0.1, 0.15) is 17.6 Å². The predicted octanol–water partition coefficient (Wildman–Crippen LogP) is 2.10. The molecule has 0 atom stereocenters. The van der Waals surface area contributed by atoms with Gasteiger partial charge in [-0.25, -0.2) is 9.78 Å². The molecule has 1 saturated heterocycles. The Labute approximate surface area is 155 Å². The molecular formula is C20H19N3O4. The summed E-state index contributed by atoms with van der Waals surface area (Å²) in [6, 6.07) is 10.6. The fraction of sp³-hybridized carbons (Fsp3) is 0.250. The zero-order valence-corrected chi connectivity index (χ0v) is 14.9. The van der Waals surface area contributed by atoms with Crippen LogP contribution in [0.15, 0.2) is 64.3 Å². The van der Waals surface area contributed by atoms with E-state index in [-0.39, 0.29) is 12.0 Å². The van der Waals surface area contributed by atoms with Crippen LogP contribution in [-0.2, 0) is 6.54 Å². The Bertz CT molecular complexity index is 987. The van der Waals surface area contributed by atoms with Gasteiger partial charge in [0.15, 0.2) is 0 Å². The largest absolute Gasteiger partial charge is 0.486 e. The van der Waals surface area contributed by atoms with Gasteiger partial charge < -0.3 is 18.6 Å². The molecule has 0 aliphatic carbocycles. The number of benzene rings is 1. The first-order valence-electron chi connectivity index (χ1n) is 8.69. The van der Waals surface area contributed by atoms with Crippen molar-refractivity contribution in [1.29, 1.82) is 0 Å². The molecule has 0 spiro atoms. The fourth-order valence-electron chi connectivity index (χ4n) is 3.04. The summed E-state index contributed by atoms with van der Waals surface area (Å²) >= 11 is 0. The van der Waals surface area contributed by atoms with Crippen LogP contribution in [0, 0.1) is 6.92 Å². The zero-order valence-electron chi connectivity index (χ0n) is 14.9. The molecule has 7 nitrogen and oxygen atoms in total. The van der Waals surface area contributed by atoms with Crippen LogP contribution in [0.4, 0.5) is 0 Å². The Balaban J connectivity index is 1.32. The SMILES string of the molecule is Cc1cc(OC2CN(C(=O)c3ccc(Cn4ccnc4)cc3)C2)cc(=O)o1. The molecule has 7 heteroatoms. The normalized spacial score (nSPS) is 14.0. The van der Waals surface area contributed by atoms with Crippen LogP contribution in [0.25, 0.3) is 0 Å². The maximum absolute atomic E-state index is 12.6. The first kappa shape index (κ1) is 17.1. The minimum absolute atomic E-state index is 0.0206. The van der Waals surface area contributed by atoms with Gasteiger partial charge in [0.25, 0.3) is 5.91 Å². The zero-order chi connectivity index (χ0) is 18.8. The van der Waals surface area contributed by atoms with Crippen LogP contribution in [-0.4, -0.2) is 39.6 Å². The van der Waals surface area contributed by atoms with E-state index in [0.717, 1.165) is 12.1 Å². The Morgan fingerprint density at radius 3 is 2.70 bits per heavy atom. The molecule has 27 heavy (non-hydrogen) atoms. The van der Waals surface area contributed by atoms with Gasteiger partial charge in [0, 0.05) is 30.6 Å². The highest BCUT2D eigenvalue weighted by molar-refractivity contribution is 5.94. The summed E-state index contributed by atoms with van der Waals surface area (Å²) < 4.78 is 12.6. The molecule has 0 N–H and O–H groups in total. The summed E-state index contributed by atoms with van der Waals surface area (Å²) in [6.07, 6.45) is 5.29. The number of ether oxygens (including phenoxy) is 1. The van der Waals surface area contributed by atoms with E-state index < -0.39 is 5.63 Å². The van der Waals surface area contributed by atoms with Gasteiger partial charge in [0.05, 0.1) is 25.5 Å². The second kappa shape index (κ2) is 7.11. The van der Waals surface area contributed by atoms with Crippen LogP contribution in [0.3, 0.4) is 0 Å². The van der Waals surface area contributed by atoms with E-state index in [0.29, 0.717) is 30.2 Å². The smallest absolute Gasteiger partial charge is 0.339 e. The second-order valence-corrected chi connectivity index (χ2v) is 6.60. The molecular weight excluding hydrogens is 346 g/mol. The molecule has 1 aromatic carbocycles. The molecule has 1 fully saturated rings. The van der Waals surface area contributed by atoms with Crippen LogP contribution < -0.4 is 10.4 Å². The number of aryl methyl sites for hydroxylation is 1. The van der Waals surface area contributed by atoms with Gasteiger partial charge in [0.2, 0.25) is 0 Å². The molecule has 0 saturated carbocycles. The van der Waals surface area contributed by atoms with Gasteiger partial charge in [-0.2, -0.15) is 0 Å². The first-order valence-corrected chi connectivity index (χ1v) is 8.69. The van der Waals surface area contributed by atoms with Crippen molar-refractivity contribution in [3.8, 4) is 5.75 Å². The number of carbonyl (C=O) groups excluding carboxylic acids is 1. The second-order valence-electron chi connectivity index (χ2n) is 6.60. The topological polar surface area (TPSA) is 77.6 Å². The van der Waals surface area contributed by atoms with Crippen molar-refractivity contribution in [3.63, 3.8) is 0 Å². The number of carbonyl (C=O) groups is 1. The molecule has 2 aromatic heterocycles. The van der Waals surface area contributed by atoms with E-state index in [9.17, 15) is 9.59 Å². The standard InChI is InChI=1S/C20H19N3O4/c1-14-8-17(9-19(24)26-14)27-18-11-23(12-18)20(25)16-4-2-15(3-5-16)10-22-7-6-21-13-22/h2-9,13,18H,10-12H2,1H3. The van der Waals surface area contributed by atoms with E-state index in [2.05, 4.69) is 4.98 Å². The van der Waals surface area contributed by atoms with Gasteiger partial charge in [-0.3, -0.25) is 4.79 Å². The number of aromatic nitrogens is 2. The number of nitrogens with zero attached hydrogens (tertiary/aromatic N) is 3. The molecule has 0 radical (unpaired) electrons. The molecule has 1 aliphatic heterocycles. The van der Waals surface area contributed by atoms with E-state index >= 15 is 0 Å². The third-order valence-electron chi connectivity index (χ3n) is 4.43. The van der Waals surface area contributed by atoms with Gasteiger partial charge >= 0.3 is 5.63 Å². The molecule has 3 heterocycles. The van der Waals surface area contributed by atoms with Gasteiger partial charge in [-0.15, -0.1) is 0 Å². The number of rotatable bonds is 5. The molecule has 4 rings (SSSR count). The Morgan fingerprint density at radius 2 is 2.04 bits per heavy atom. The third-order valence-corrected chi connectivity index (χ3v) is 4.43. The number of likely N-dealkylation sites (tertiary alicyclic amines) is 1. The lowest BCUT2D eigenvalue weighted by molar-refractivity contribution is 0.0175. The predicted molar refractivity (Wildman–Crippen MR) is 97.8 cm³/mol. The van der Waals surface area contributed by atoms with Crippen molar-refractivity contribution in [2.45, 2.75) is 19.6 Å². The highest BCUT2D eigenvalue weighted by Gasteiger charge is 2.32. The Kier molecular flexibility index (Phi) is 4.50. The minimum atomic E-state index is -0.437. The lowest BCUT2D eigenvalue weighted by atomic mass is 10.1. The van der Waals surface area contributed by atoms with E-state index in [1.165, 1.54) is 6.07 Å².